The van der Waals surface area contributed by atoms with Crippen molar-refractivity contribution in [2.24, 2.45) is 0 Å². The lowest BCUT2D eigenvalue weighted by Gasteiger charge is -2.09. The number of unbranched alkanes of at least 4 members (excludes halogenated alkanes) is 1. The zero-order valence-electron chi connectivity index (χ0n) is 14.6. The van der Waals surface area contributed by atoms with Gasteiger partial charge in [0.05, 0.1) is 17.5 Å². The van der Waals surface area contributed by atoms with Gasteiger partial charge in [-0.1, -0.05) is 0 Å². The van der Waals surface area contributed by atoms with Gasteiger partial charge >= 0.3 is 0 Å². The van der Waals surface area contributed by atoms with Crippen LogP contribution in [0.2, 0.25) is 0 Å². The Morgan fingerprint density at radius 3 is 2.48 bits per heavy atom. The molecule has 3 aromatic heterocycles. The maximum absolute atomic E-state index is 12.2. The van der Waals surface area contributed by atoms with Gasteiger partial charge in [0.2, 0.25) is 15.0 Å². The van der Waals surface area contributed by atoms with Gasteiger partial charge in [0.25, 0.3) is 0 Å². The van der Waals surface area contributed by atoms with Crippen LogP contribution in [0.25, 0.3) is 11.0 Å². The van der Waals surface area contributed by atoms with E-state index in [1.165, 1.54) is 12.4 Å². The van der Waals surface area contributed by atoms with Gasteiger partial charge in [0.1, 0.15) is 11.3 Å². The molecule has 0 aliphatic heterocycles. The second-order valence-electron chi connectivity index (χ2n) is 6.07. The zero-order chi connectivity index (χ0) is 18.0. The molecule has 3 heterocycles. The molecule has 0 fully saturated rings. The molecule has 0 N–H and O–H groups in total. The number of fused-ring (bicyclic) bond motifs is 1. The van der Waals surface area contributed by atoms with Crippen LogP contribution >= 0.6 is 0 Å². The van der Waals surface area contributed by atoms with Crippen molar-refractivity contribution in [1.29, 1.82) is 0 Å². The van der Waals surface area contributed by atoms with Crippen molar-refractivity contribution in [3.8, 4) is 0 Å². The number of pyridine rings is 1. The Morgan fingerprint density at radius 1 is 1.04 bits per heavy atom. The van der Waals surface area contributed by atoms with E-state index in [1.807, 2.05) is 20.8 Å². The molecule has 3 aromatic rings. The van der Waals surface area contributed by atoms with Gasteiger partial charge < -0.3 is 4.57 Å². The molecule has 3 rings (SSSR count). The smallest absolute Gasteiger partial charge is 0.246 e. The standard InChI is InChI=1S/C17H21N5O2S/c1-12-13(2)20-11-15-16(12)22(14(3)21-15)9-4-5-10-25(23,24)17-18-7-6-8-19-17/h6-8,11H,4-5,9-10H2,1-3H3. The number of imidazole rings is 1. The third kappa shape index (κ3) is 3.53. The predicted octanol–water partition coefficient (Wildman–Crippen LogP) is 2.40. The molecule has 132 valence electrons. The fourth-order valence-electron chi connectivity index (χ4n) is 2.87. The van der Waals surface area contributed by atoms with E-state index in [9.17, 15) is 8.42 Å². The number of aryl methyl sites for hydroxylation is 4. The molecule has 7 nitrogen and oxygen atoms in total. The van der Waals surface area contributed by atoms with E-state index >= 15 is 0 Å². The van der Waals surface area contributed by atoms with Gasteiger partial charge in [0, 0.05) is 24.6 Å². The highest BCUT2D eigenvalue weighted by Crippen LogP contribution is 2.21. The van der Waals surface area contributed by atoms with Crippen LogP contribution < -0.4 is 0 Å². The molecule has 0 saturated heterocycles. The predicted molar refractivity (Wildman–Crippen MR) is 95.1 cm³/mol. The van der Waals surface area contributed by atoms with Crippen molar-refractivity contribution in [2.75, 3.05) is 5.75 Å². The maximum atomic E-state index is 12.2. The third-order valence-electron chi connectivity index (χ3n) is 4.33. The molecular weight excluding hydrogens is 338 g/mol. The highest BCUT2D eigenvalue weighted by molar-refractivity contribution is 7.91. The highest BCUT2D eigenvalue weighted by Gasteiger charge is 2.17. The first-order valence-electron chi connectivity index (χ1n) is 8.19. The summed E-state index contributed by atoms with van der Waals surface area (Å²) in [5.41, 5.74) is 4.06. The summed E-state index contributed by atoms with van der Waals surface area (Å²) < 4.78 is 26.6. The molecule has 0 radical (unpaired) electrons. The summed E-state index contributed by atoms with van der Waals surface area (Å²) in [5, 5.41) is -0.100. The Bertz CT molecular complexity index is 997. The van der Waals surface area contributed by atoms with E-state index in [0.717, 1.165) is 41.1 Å². The summed E-state index contributed by atoms with van der Waals surface area (Å²) in [7, 11) is -3.43. The minimum absolute atomic E-state index is 0.0439. The molecule has 0 aliphatic rings. The average Bonchev–Trinajstić information content (AvgIpc) is 2.92. The summed E-state index contributed by atoms with van der Waals surface area (Å²) in [6.45, 7) is 6.70. The molecule has 0 spiro atoms. The first-order valence-corrected chi connectivity index (χ1v) is 9.84. The van der Waals surface area contributed by atoms with Gasteiger partial charge in [-0.3, -0.25) is 4.98 Å². The zero-order valence-corrected chi connectivity index (χ0v) is 15.4. The van der Waals surface area contributed by atoms with Gasteiger partial charge in [-0.2, -0.15) is 0 Å². The van der Waals surface area contributed by atoms with Crippen molar-refractivity contribution in [1.82, 2.24) is 24.5 Å². The van der Waals surface area contributed by atoms with Crippen LogP contribution in [0.15, 0.2) is 29.8 Å². The first-order chi connectivity index (χ1) is 11.9. The van der Waals surface area contributed by atoms with E-state index < -0.39 is 9.84 Å². The Balaban J connectivity index is 1.70. The fraction of sp³-hybridized carbons (Fsp3) is 0.412. The summed E-state index contributed by atoms with van der Waals surface area (Å²) in [5.74, 6) is 0.960. The highest BCUT2D eigenvalue weighted by atomic mass is 32.2. The molecule has 0 unspecified atom stereocenters. The van der Waals surface area contributed by atoms with Crippen LogP contribution in [0.5, 0.6) is 0 Å². The lowest BCUT2D eigenvalue weighted by molar-refractivity contribution is 0.575. The van der Waals surface area contributed by atoms with Gasteiger partial charge in [-0.25, -0.2) is 23.4 Å². The largest absolute Gasteiger partial charge is 0.328 e. The number of rotatable bonds is 6. The van der Waals surface area contributed by atoms with Gasteiger partial charge in [0.15, 0.2) is 0 Å². The Hall–Kier alpha value is -2.35. The average molecular weight is 359 g/mol. The molecule has 8 heteroatoms. The summed E-state index contributed by atoms with van der Waals surface area (Å²) >= 11 is 0. The lowest BCUT2D eigenvalue weighted by atomic mass is 10.2. The molecular formula is C17H21N5O2S. The molecule has 0 aliphatic carbocycles. The quantitative estimate of drug-likeness (QED) is 0.496. The van der Waals surface area contributed by atoms with Crippen LogP contribution in [0.1, 0.15) is 29.9 Å². The van der Waals surface area contributed by atoms with Crippen LogP contribution in [0, 0.1) is 20.8 Å². The normalized spacial score (nSPS) is 12.0. The number of aromatic nitrogens is 5. The maximum Gasteiger partial charge on any atom is 0.246 e. The van der Waals surface area contributed by atoms with Crippen LogP contribution in [0.4, 0.5) is 0 Å². The number of nitrogens with zero attached hydrogens (tertiary/aromatic N) is 5. The first kappa shape index (κ1) is 17.5. The van der Waals surface area contributed by atoms with Crippen molar-refractivity contribution in [2.45, 2.75) is 45.3 Å². The monoisotopic (exact) mass is 359 g/mol. The Kier molecular flexibility index (Phi) is 4.80. The molecule has 0 saturated carbocycles. The minimum Gasteiger partial charge on any atom is -0.328 e. The summed E-state index contributed by atoms with van der Waals surface area (Å²) in [4.78, 5) is 16.6. The second kappa shape index (κ2) is 6.87. The molecule has 0 aromatic carbocycles. The summed E-state index contributed by atoms with van der Waals surface area (Å²) in [6.07, 6.45) is 5.96. The van der Waals surface area contributed by atoms with Crippen molar-refractivity contribution >= 4 is 20.9 Å². The Labute approximate surface area is 147 Å². The van der Waals surface area contributed by atoms with Crippen LogP contribution in [-0.2, 0) is 16.4 Å². The van der Waals surface area contributed by atoms with Crippen molar-refractivity contribution in [3.05, 3.63) is 41.7 Å². The number of hydrogen-bond acceptors (Lipinski definition) is 6. The molecule has 25 heavy (non-hydrogen) atoms. The summed E-state index contributed by atoms with van der Waals surface area (Å²) in [6, 6.07) is 1.60. The molecule has 0 amide bonds. The second-order valence-corrected chi connectivity index (χ2v) is 8.07. The van der Waals surface area contributed by atoms with E-state index in [-0.39, 0.29) is 10.9 Å². The molecule has 0 atom stereocenters. The topological polar surface area (TPSA) is 90.6 Å². The molecule has 0 bridgehead atoms. The third-order valence-corrected chi connectivity index (χ3v) is 5.92. The van der Waals surface area contributed by atoms with Crippen LogP contribution in [0.3, 0.4) is 0 Å². The Morgan fingerprint density at radius 2 is 1.76 bits per heavy atom. The van der Waals surface area contributed by atoms with E-state index in [2.05, 4.69) is 24.5 Å². The number of sulfone groups is 1. The lowest BCUT2D eigenvalue weighted by Crippen LogP contribution is -2.11. The van der Waals surface area contributed by atoms with Crippen LogP contribution in [-0.4, -0.2) is 38.7 Å². The fourth-order valence-corrected chi connectivity index (χ4v) is 4.08. The van der Waals surface area contributed by atoms with Crippen molar-refractivity contribution in [3.63, 3.8) is 0 Å². The number of hydrogen-bond donors (Lipinski definition) is 0. The van der Waals surface area contributed by atoms with Gasteiger partial charge in [-0.05, 0) is 45.2 Å². The van der Waals surface area contributed by atoms with E-state index in [1.54, 1.807) is 12.3 Å². The van der Waals surface area contributed by atoms with Crippen molar-refractivity contribution < 1.29 is 8.42 Å². The van der Waals surface area contributed by atoms with Gasteiger partial charge in [-0.15, -0.1) is 0 Å². The minimum atomic E-state index is -3.43. The van der Waals surface area contributed by atoms with E-state index in [0.29, 0.717) is 6.42 Å². The van der Waals surface area contributed by atoms with E-state index in [4.69, 9.17) is 0 Å². The SMILES string of the molecule is Cc1ncc2nc(C)n(CCCCS(=O)(=O)c3ncccn3)c2c1C.